The van der Waals surface area contributed by atoms with Crippen LogP contribution in [0.3, 0.4) is 0 Å². The van der Waals surface area contributed by atoms with E-state index in [0.717, 1.165) is 0 Å². The Labute approximate surface area is 77.9 Å². The molecule has 0 heterocycles. The van der Waals surface area contributed by atoms with Gasteiger partial charge in [-0.1, -0.05) is 46.4 Å². The van der Waals surface area contributed by atoms with Crippen molar-refractivity contribution in [1.29, 1.82) is 0 Å². The Kier molecular flexibility index (Phi) is 4.60. The van der Waals surface area contributed by atoms with Crippen molar-refractivity contribution in [3.63, 3.8) is 0 Å². The lowest BCUT2D eigenvalue weighted by Crippen LogP contribution is -2.12. The quantitative estimate of drug-likeness (QED) is 0.372. The maximum absolute atomic E-state index is 5.33. The molecule has 0 fully saturated rings. The van der Waals surface area contributed by atoms with E-state index in [0.29, 0.717) is 0 Å². The Morgan fingerprint density at radius 1 is 1.33 bits per heavy atom. The van der Waals surface area contributed by atoms with Gasteiger partial charge in [0.1, 0.15) is 6.00 Å². The maximum Gasteiger partial charge on any atom is 0.242 e. The van der Waals surface area contributed by atoms with Gasteiger partial charge in [-0.3, -0.25) is 4.99 Å². The fourth-order valence-corrected chi connectivity index (χ4v) is 0.562. The molecule has 0 aromatic carbocycles. The summed E-state index contributed by atoms with van der Waals surface area (Å²) in [5, 5.41) is -0.123. The first-order valence-corrected chi connectivity index (χ1v) is 3.86. The fourth-order valence-electron chi connectivity index (χ4n) is 0.142. The molecule has 0 radical (unpaired) electrons. The third-order valence-corrected chi connectivity index (χ3v) is 1.78. The third kappa shape index (κ3) is 4.51. The van der Waals surface area contributed by atoms with Crippen LogP contribution in [0.5, 0.6) is 0 Å². The molecule has 0 saturated carbocycles. The second-order valence-corrected chi connectivity index (χ2v) is 3.94. The fraction of sp³-hybridized carbons (Fsp3) is 0.667. The first-order valence-electron chi connectivity index (χ1n) is 1.81. The highest BCUT2D eigenvalue weighted by Gasteiger charge is 2.25. The molecule has 9 heavy (non-hydrogen) atoms. The first-order chi connectivity index (χ1) is 3.98. The van der Waals surface area contributed by atoms with Crippen molar-refractivity contribution in [2.24, 2.45) is 4.99 Å². The normalized spacial score (nSPS) is 14.1. The van der Waals surface area contributed by atoms with Gasteiger partial charge in [-0.15, -0.1) is 11.6 Å². The van der Waals surface area contributed by atoms with Crippen LogP contribution >= 0.6 is 58.0 Å². The van der Waals surface area contributed by atoms with Crippen LogP contribution in [0.4, 0.5) is 0 Å². The molecule has 0 amide bonds. The molecule has 0 N–H and O–H groups in total. The molecule has 0 saturated heterocycles. The minimum absolute atomic E-state index is 0.00720. The molecule has 0 aliphatic rings. The summed E-state index contributed by atoms with van der Waals surface area (Å²) >= 11 is 26.3. The van der Waals surface area contributed by atoms with Gasteiger partial charge >= 0.3 is 0 Å². The number of aliphatic imine (C=N–C) groups is 1. The van der Waals surface area contributed by atoms with E-state index in [9.17, 15) is 0 Å². The summed E-state index contributed by atoms with van der Waals surface area (Å²) in [6, 6.07) is -0.00720. The monoisotopic (exact) mass is 227 g/mol. The van der Waals surface area contributed by atoms with E-state index in [4.69, 9.17) is 58.0 Å². The number of rotatable bonds is 1. The Bertz CT molecular complexity index is 114. The van der Waals surface area contributed by atoms with Crippen LogP contribution in [0.2, 0.25) is 0 Å². The standard InChI is InChI=1S/C3H2Cl5N/c4-1-9-2(5)3(6,7)8/h1H2/b9-2-. The van der Waals surface area contributed by atoms with E-state index in [1.165, 1.54) is 0 Å². The molecule has 0 aromatic rings. The van der Waals surface area contributed by atoms with E-state index >= 15 is 0 Å². The van der Waals surface area contributed by atoms with Crippen molar-refractivity contribution in [2.75, 3.05) is 6.00 Å². The molecule has 0 rings (SSSR count). The Morgan fingerprint density at radius 2 is 1.78 bits per heavy atom. The van der Waals surface area contributed by atoms with Gasteiger partial charge in [0, 0.05) is 0 Å². The summed E-state index contributed by atoms with van der Waals surface area (Å²) in [5.41, 5.74) is 0. The van der Waals surface area contributed by atoms with Gasteiger partial charge in [0.25, 0.3) is 0 Å². The van der Waals surface area contributed by atoms with Crippen LogP contribution in [-0.2, 0) is 0 Å². The van der Waals surface area contributed by atoms with E-state index < -0.39 is 3.79 Å². The van der Waals surface area contributed by atoms with Gasteiger partial charge in [0.2, 0.25) is 3.79 Å². The van der Waals surface area contributed by atoms with Gasteiger partial charge in [-0.05, 0) is 0 Å². The number of halogens is 5. The zero-order valence-electron chi connectivity index (χ0n) is 4.04. The summed E-state index contributed by atoms with van der Waals surface area (Å²) in [5.74, 6) is 0. The van der Waals surface area contributed by atoms with Crippen LogP contribution in [0.25, 0.3) is 0 Å². The van der Waals surface area contributed by atoms with Crippen LogP contribution in [0.1, 0.15) is 0 Å². The largest absolute Gasteiger partial charge is 0.257 e. The molecule has 0 unspecified atom stereocenters. The highest BCUT2D eigenvalue weighted by molar-refractivity contribution is 6.89. The van der Waals surface area contributed by atoms with Crippen molar-refractivity contribution < 1.29 is 0 Å². The smallest absolute Gasteiger partial charge is 0.242 e. The van der Waals surface area contributed by atoms with Crippen molar-refractivity contribution in [2.45, 2.75) is 3.79 Å². The lowest BCUT2D eigenvalue weighted by Gasteiger charge is -2.05. The van der Waals surface area contributed by atoms with E-state index in [1.807, 2.05) is 0 Å². The van der Waals surface area contributed by atoms with Gasteiger partial charge in [0.15, 0.2) is 5.17 Å². The average molecular weight is 229 g/mol. The molecule has 54 valence electrons. The van der Waals surface area contributed by atoms with E-state index in [1.54, 1.807) is 0 Å². The van der Waals surface area contributed by atoms with Crippen molar-refractivity contribution in [1.82, 2.24) is 0 Å². The molecule has 0 atom stereocenters. The molecule has 0 bridgehead atoms. The third-order valence-electron chi connectivity index (χ3n) is 0.432. The first kappa shape index (κ1) is 10.1. The van der Waals surface area contributed by atoms with Gasteiger partial charge in [-0.2, -0.15) is 0 Å². The SMILES string of the molecule is ClC/N=C(\Cl)C(Cl)(Cl)Cl. The Hall–Kier alpha value is 1.12. The summed E-state index contributed by atoms with van der Waals surface area (Å²) in [6.45, 7) is 0. The van der Waals surface area contributed by atoms with Crippen molar-refractivity contribution in [3.8, 4) is 0 Å². The lowest BCUT2D eigenvalue weighted by molar-refractivity contribution is 1.34. The number of alkyl halides is 4. The van der Waals surface area contributed by atoms with Crippen molar-refractivity contribution >= 4 is 63.2 Å². The van der Waals surface area contributed by atoms with E-state index in [-0.39, 0.29) is 11.2 Å². The van der Waals surface area contributed by atoms with Crippen LogP contribution < -0.4 is 0 Å². The minimum Gasteiger partial charge on any atom is -0.257 e. The Balaban J connectivity index is 4.03. The lowest BCUT2D eigenvalue weighted by atomic mass is 10.8. The second-order valence-electron chi connectivity index (χ2n) is 1.07. The summed E-state index contributed by atoms with van der Waals surface area (Å²) in [4.78, 5) is 3.45. The zero-order chi connectivity index (χ0) is 7.49. The van der Waals surface area contributed by atoms with Crippen LogP contribution in [-0.4, -0.2) is 15.0 Å². The average Bonchev–Trinajstić information content (AvgIpc) is 1.64. The Morgan fingerprint density at radius 3 is 1.89 bits per heavy atom. The summed E-state index contributed by atoms with van der Waals surface area (Å²) in [7, 11) is 0. The molecular formula is C3H2Cl5N. The van der Waals surface area contributed by atoms with E-state index in [2.05, 4.69) is 4.99 Å². The maximum atomic E-state index is 5.33. The minimum atomic E-state index is -1.64. The molecule has 0 aliphatic heterocycles. The molecule has 0 spiro atoms. The van der Waals surface area contributed by atoms with Crippen LogP contribution in [0.15, 0.2) is 4.99 Å². The number of hydrogen-bond donors (Lipinski definition) is 0. The summed E-state index contributed by atoms with van der Waals surface area (Å²) in [6.07, 6.45) is 0. The number of hydrogen-bond acceptors (Lipinski definition) is 1. The highest BCUT2D eigenvalue weighted by Crippen LogP contribution is 2.29. The van der Waals surface area contributed by atoms with Gasteiger partial charge in [0.05, 0.1) is 0 Å². The molecule has 6 heteroatoms. The molecule has 1 nitrogen and oxygen atoms in total. The van der Waals surface area contributed by atoms with Crippen molar-refractivity contribution in [3.05, 3.63) is 0 Å². The molecule has 0 aliphatic carbocycles. The second kappa shape index (κ2) is 4.09. The van der Waals surface area contributed by atoms with Crippen LogP contribution in [0, 0.1) is 0 Å². The topological polar surface area (TPSA) is 12.4 Å². The molecule has 0 aromatic heterocycles. The summed E-state index contributed by atoms with van der Waals surface area (Å²) < 4.78 is -1.64. The predicted octanol–water partition coefficient (Wildman–Crippen LogP) is 3.19. The predicted molar refractivity (Wildman–Crippen MR) is 44.3 cm³/mol. The van der Waals surface area contributed by atoms with Gasteiger partial charge in [-0.25, -0.2) is 0 Å². The zero-order valence-corrected chi connectivity index (χ0v) is 7.82. The van der Waals surface area contributed by atoms with Gasteiger partial charge < -0.3 is 0 Å². The molecular weight excluding hydrogens is 227 g/mol. The highest BCUT2D eigenvalue weighted by atomic mass is 35.6. The number of nitrogens with zero attached hydrogens (tertiary/aromatic N) is 1.